The zero-order valence-corrected chi connectivity index (χ0v) is 17.9. The molecule has 1 unspecified atom stereocenters. The van der Waals surface area contributed by atoms with E-state index in [1.54, 1.807) is 6.20 Å². The number of ether oxygens (including phenoxy) is 1. The van der Waals surface area contributed by atoms with Crippen LogP contribution in [0.3, 0.4) is 0 Å². The van der Waals surface area contributed by atoms with Crippen LogP contribution in [0.15, 0.2) is 47.9 Å². The SMILES string of the molecule is Cn1nccc1[C@H]1CCCC[C@@H]1Oc1cc(F)c(S(=O)Nc2ccncn2)cc1Cl. The van der Waals surface area contributed by atoms with Gasteiger partial charge in [0.25, 0.3) is 0 Å². The molecule has 4 rings (SSSR count). The summed E-state index contributed by atoms with van der Waals surface area (Å²) in [6, 6.07) is 6.06. The number of anilines is 1. The minimum absolute atomic E-state index is 0.0715. The quantitative estimate of drug-likeness (QED) is 0.608. The summed E-state index contributed by atoms with van der Waals surface area (Å²) in [7, 11) is 0.0327. The van der Waals surface area contributed by atoms with Crippen molar-refractivity contribution in [3.05, 3.63) is 59.5 Å². The second-order valence-electron chi connectivity index (χ2n) is 7.11. The summed E-state index contributed by atoms with van der Waals surface area (Å²) in [6.45, 7) is 0. The van der Waals surface area contributed by atoms with Gasteiger partial charge < -0.3 is 4.74 Å². The van der Waals surface area contributed by atoms with Crippen LogP contribution in [-0.2, 0) is 18.0 Å². The topological polar surface area (TPSA) is 81.9 Å². The van der Waals surface area contributed by atoms with Crippen LogP contribution in [0, 0.1) is 5.82 Å². The molecule has 1 saturated carbocycles. The first-order chi connectivity index (χ1) is 14.5. The Kier molecular flexibility index (Phi) is 6.29. The van der Waals surface area contributed by atoms with Crippen molar-refractivity contribution in [3.8, 4) is 5.75 Å². The van der Waals surface area contributed by atoms with Gasteiger partial charge in [-0.1, -0.05) is 18.0 Å². The molecule has 0 radical (unpaired) electrons. The highest BCUT2D eigenvalue weighted by Gasteiger charge is 2.31. The number of nitrogens with one attached hydrogen (secondary N) is 1. The molecule has 7 nitrogen and oxygen atoms in total. The zero-order valence-electron chi connectivity index (χ0n) is 16.3. The van der Waals surface area contributed by atoms with Crippen LogP contribution in [-0.4, -0.2) is 30.1 Å². The Morgan fingerprint density at radius 2 is 2.10 bits per heavy atom. The molecule has 3 atom stereocenters. The lowest BCUT2D eigenvalue weighted by Gasteiger charge is -2.32. The van der Waals surface area contributed by atoms with Crippen LogP contribution < -0.4 is 9.46 Å². The lowest BCUT2D eigenvalue weighted by atomic mass is 9.84. The van der Waals surface area contributed by atoms with Gasteiger partial charge in [0, 0.05) is 37.1 Å². The first-order valence-corrected chi connectivity index (χ1v) is 11.1. The molecule has 30 heavy (non-hydrogen) atoms. The van der Waals surface area contributed by atoms with Crippen LogP contribution in [0.1, 0.15) is 37.3 Å². The smallest absolute Gasteiger partial charge is 0.154 e. The molecule has 1 fully saturated rings. The second-order valence-corrected chi connectivity index (χ2v) is 8.69. The van der Waals surface area contributed by atoms with Gasteiger partial charge in [0.15, 0.2) is 11.0 Å². The Morgan fingerprint density at radius 1 is 1.27 bits per heavy atom. The highest BCUT2D eigenvalue weighted by atomic mass is 35.5. The van der Waals surface area contributed by atoms with Gasteiger partial charge in [-0.05, 0) is 37.5 Å². The Labute approximate surface area is 181 Å². The van der Waals surface area contributed by atoms with Crippen molar-refractivity contribution in [3.63, 3.8) is 0 Å². The average molecular weight is 450 g/mol. The van der Waals surface area contributed by atoms with Crippen LogP contribution in [0.25, 0.3) is 0 Å². The van der Waals surface area contributed by atoms with Crippen molar-refractivity contribution in [2.75, 3.05) is 4.72 Å². The molecule has 158 valence electrons. The summed E-state index contributed by atoms with van der Waals surface area (Å²) in [5, 5.41) is 4.46. The standard InChI is InChI=1S/C20H21ClFN5O2S/c1-27-16(6-9-25-27)13-4-2-3-5-17(13)29-18-11-15(22)19(10-14(18)21)30(28)26-20-7-8-23-12-24-20/h6-13,17H,2-5H2,1H3,(H,23,24,26)/t13-,17+,30?/m1/s1. The fraction of sp³-hybridized carbons (Fsp3) is 0.350. The summed E-state index contributed by atoms with van der Waals surface area (Å²) in [6.07, 6.45) is 8.38. The van der Waals surface area contributed by atoms with Crippen molar-refractivity contribution in [2.45, 2.75) is 42.6 Å². The largest absolute Gasteiger partial charge is 0.488 e. The normalized spacial score (nSPS) is 20.0. The minimum atomic E-state index is -1.87. The maximum atomic E-state index is 14.8. The molecule has 0 bridgehead atoms. The molecule has 0 amide bonds. The highest BCUT2D eigenvalue weighted by molar-refractivity contribution is 7.86. The van der Waals surface area contributed by atoms with E-state index >= 15 is 0 Å². The number of aromatic nitrogens is 4. The van der Waals surface area contributed by atoms with Gasteiger partial charge in [0.05, 0.1) is 9.92 Å². The van der Waals surface area contributed by atoms with Gasteiger partial charge in [-0.2, -0.15) is 5.10 Å². The molecule has 2 heterocycles. The Hall–Kier alpha value is -2.52. The van der Waals surface area contributed by atoms with Gasteiger partial charge in [0.2, 0.25) is 0 Å². The molecule has 0 saturated heterocycles. The number of aryl methyl sites for hydroxylation is 1. The van der Waals surface area contributed by atoms with Gasteiger partial charge >= 0.3 is 0 Å². The van der Waals surface area contributed by atoms with Crippen LogP contribution in [0.2, 0.25) is 5.02 Å². The molecule has 1 N–H and O–H groups in total. The van der Waals surface area contributed by atoms with Gasteiger partial charge in [-0.3, -0.25) is 9.40 Å². The summed E-state index contributed by atoms with van der Waals surface area (Å²) in [5.74, 6) is 0.0530. The molecule has 1 aliphatic rings. The maximum absolute atomic E-state index is 14.8. The van der Waals surface area contributed by atoms with E-state index in [0.717, 1.165) is 31.4 Å². The van der Waals surface area contributed by atoms with Crippen molar-refractivity contribution in [1.82, 2.24) is 19.7 Å². The van der Waals surface area contributed by atoms with E-state index in [0.29, 0.717) is 5.82 Å². The molecular formula is C20H21ClFN5O2S. The number of hydrogen-bond donors (Lipinski definition) is 1. The highest BCUT2D eigenvalue weighted by Crippen LogP contribution is 2.38. The Bertz CT molecular complexity index is 1050. The van der Waals surface area contributed by atoms with Crippen LogP contribution in [0.4, 0.5) is 10.2 Å². The van der Waals surface area contributed by atoms with E-state index in [4.69, 9.17) is 16.3 Å². The Balaban J connectivity index is 1.54. The molecule has 1 aromatic carbocycles. The monoisotopic (exact) mass is 449 g/mol. The number of benzene rings is 1. The summed E-state index contributed by atoms with van der Waals surface area (Å²) in [4.78, 5) is 7.64. The number of hydrogen-bond acceptors (Lipinski definition) is 5. The third-order valence-corrected chi connectivity index (χ3v) is 6.59. The Morgan fingerprint density at radius 3 is 2.83 bits per heavy atom. The van der Waals surface area contributed by atoms with E-state index < -0.39 is 16.8 Å². The first-order valence-electron chi connectivity index (χ1n) is 9.61. The molecule has 1 aliphatic carbocycles. The molecule has 10 heteroatoms. The van der Waals surface area contributed by atoms with Gasteiger partial charge in [-0.25, -0.2) is 18.6 Å². The third kappa shape index (κ3) is 4.46. The molecule has 3 aromatic rings. The summed E-state index contributed by atoms with van der Waals surface area (Å²) < 4.78 is 37.9. The minimum Gasteiger partial charge on any atom is -0.488 e. The maximum Gasteiger partial charge on any atom is 0.154 e. The van der Waals surface area contributed by atoms with E-state index in [1.807, 2.05) is 17.8 Å². The van der Waals surface area contributed by atoms with Gasteiger partial charge in [-0.15, -0.1) is 0 Å². The summed E-state index contributed by atoms with van der Waals surface area (Å²) in [5.41, 5.74) is 1.09. The second kappa shape index (κ2) is 9.09. The van der Waals surface area contributed by atoms with E-state index in [9.17, 15) is 8.60 Å². The number of nitrogens with zero attached hydrogens (tertiary/aromatic N) is 4. The van der Waals surface area contributed by atoms with Crippen LogP contribution >= 0.6 is 11.6 Å². The molecule has 0 spiro atoms. The van der Waals surface area contributed by atoms with Crippen LogP contribution in [0.5, 0.6) is 5.75 Å². The number of halogens is 2. The predicted molar refractivity (Wildman–Crippen MR) is 112 cm³/mol. The van der Waals surface area contributed by atoms with Crippen molar-refractivity contribution in [2.24, 2.45) is 7.05 Å². The fourth-order valence-corrected chi connectivity index (χ4v) is 4.89. The van der Waals surface area contributed by atoms with Crippen molar-refractivity contribution in [1.29, 1.82) is 0 Å². The predicted octanol–water partition coefficient (Wildman–Crippen LogP) is 4.24. The van der Waals surface area contributed by atoms with Crippen molar-refractivity contribution < 1.29 is 13.3 Å². The van der Waals surface area contributed by atoms with E-state index in [1.165, 1.54) is 30.7 Å². The van der Waals surface area contributed by atoms with E-state index in [-0.39, 0.29) is 27.7 Å². The zero-order chi connectivity index (χ0) is 21.1. The van der Waals surface area contributed by atoms with Gasteiger partial charge in [0.1, 0.15) is 29.8 Å². The fourth-order valence-electron chi connectivity index (χ4n) is 3.73. The summed E-state index contributed by atoms with van der Waals surface area (Å²) >= 11 is 6.37. The lowest BCUT2D eigenvalue weighted by Crippen LogP contribution is -2.30. The molecular weight excluding hydrogens is 429 g/mol. The first kappa shape index (κ1) is 20.7. The van der Waals surface area contributed by atoms with E-state index in [2.05, 4.69) is 19.8 Å². The lowest BCUT2D eigenvalue weighted by molar-refractivity contribution is 0.126. The number of rotatable bonds is 6. The molecule has 0 aliphatic heterocycles. The average Bonchev–Trinajstić information content (AvgIpc) is 3.17. The molecule has 2 aromatic heterocycles. The third-order valence-electron chi connectivity index (χ3n) is 5.19. The van der Waals surface area contributed by atoms with Crippen molar-refractivity contribution >= 4 is 28.4 Å².